The number of rotatable bonds is 10. The van der Waals surface area contributed by atoms with Crippen LogP contribution in [0.15, 0.2) is 351 Å². The summed E-state index contributed by atoms with van der Waals surface area (Å²) < 4.78 is 48.1. The first-order valence-corrected chi connectivity index (χ1v) is 38.6. The Hall–Kier alpha value is -16.0. The number of aryl methyl sites for hydroxylation is 9. The SMILES string of the molecule is COc1ccc2oc(C)nc2c1.Cc1ccc2oc(C)nc2c1.Cc1nnc(-c2ccc(-c3ccccc3)cc2)o1.Cc1nnc(-c2ccc3ccccc3c2)o1.Cc1nnc(-c2cccc(-c3ccccc3)c2)o1.Cc1nnc(-c2cccc3ccccc23)o1.Cc1nnc(-c2ccccc2)o1.Cc1nnc(-c2ccccc2-c2ccccc2)o1. The fourth-order valence-corrected chi connectivity index (χ4v) is 12.5. The maximum absolute atomic E-state index is 5.51. The van der Waals surface area contributed by atoms with Gasteiger partial charge in [-0.15, -0.1) is 61.2 Å². The molecular weight excluding hydrogens is 1520 g/mol. The van der Waals surface area contributed by atoms with E-state index in [4.69, 9.17) is 40.1 Å². The number of oxazole rings is 2. The van der Waals surface area contributed by atoms with Crippen LogP contribution in [0.1, 0.15) is 52.7 Å². The van der Waals surface area contributed by atoms with Crippen LogP contribution in [0.2, 0.25) is 0 Å². The summed E-state index contributed by atoms with van der Waals surface area (Å²) in [6, 6.07) is 105. The standard InChI is InChI=1S/3C15H12N2O.2C13H10N2O.C9H8N2O.C9H9NO2.C9H9NO/c1-11-16-17-15(18-11)14-10-6-5-9-13(14)12-7-3-2-4-8-12;1-11-16-17-15(18-11)14-9-5-8-13(10-14)12-6-3-2-4-7-12;1-11-16-17-15(18-11)14-9-7-13(8-10-14)12-5-3-2-4-6-12;1-9-14-15-13(16-9)12-8-4-6-10-5-2-3-7-11(10)12;1-9-14-15-13(16-9)12-7-6-10-4-2-3-5-11(10)8-12;1-7-10-11-9(12-7)8-5-3-2-4-6-8;1-6-10-8-5-7(11-2)3-4-9(8)12-6;1-6-3-4-9-8(5-6)10-7(2)11-9/h3*2-10H,1H3;2*2-8H,1H3;2-6H,1H3;3-5H,1-2H3;3-5H,1-2H3. The van der Waals surface area contributed by atoms with Gasteiger partial charge in [-0.2, -0.15) is 0 Å². The average Bonchev–Trinajstić information content (AvgIpc) is 1.75. The third-order valence-electron chi connectivity index (χ3n) is 18.2. The quantitative estimate of drug-likeness (QED) is 0.123. The fourth-order valence-electron chi connectivity index (χ4n) is 12.5. The van der Waals surface area contributed by atoms with Crippen LogP contribution in [0.3, 0.4) is 0 Å². The highest BCUT2D eigenvalue weighted by Crippen LogP contribution is 2.34. The van der Waals surface area contributed by atoms with Gasteiger partial charge in [0.15, 0.2) is 22.9 Å². The van der Waals surface area contributed by atoms with Crippen molar-refractivity contribution in [1.29, 1.82) is 0 Å². The van der Waals surface area contributed by atoms with Gasteiger partial charge in [-0.1, -0.05) is 224 Å². The lowest BCUT2D eigenvalue weighted by Crippen LogP contribution is -1.84. The fraction of sp³-hybridized carbons (Fsp3) is 0.102. The van der Waals surface area contributed by atoms with Crippen molar-refractivity contribution < 1.29 is 40.1 Å². The second-order valence-electron chi connectivity index (χ2n) is 27.3. The largest absolute Gasteiger partial charge is 0.497 e. The number of hydrogen-bond donors (Lipinski definition) is 0. The first kappa shape index (κ1) is 81.5. The van der Waals surface area contributed by atoms with Gasteiger partial charge >= 0.3 is 0 Å². The van der Waals surface area contributed by atoms with Crippen LogP contribution in [-0.4, -0.2) is 78.3 Å². The molecule has 0 aliphatic carbocycles. The van der Waals surface area contributed by atoms with Crippen molar-refractivity contribution in [2.24, 2.45) is 0 Å². The molecule has 0 saturated heterocycles. The van der Waals surface area contributed by atoms with Crippen LogP contribution in [0.5, 0.6) is 5.75 Å². The van der Waals surface area contributed by atoms with Crippen molar-refractivity contribution in [3.05, 3.63) is 368 Å². The molecule has 0 fully saturated rings. The molecule has 0 atom stereocenters. The third kappa shape index (κ3) is 21.9. The van der Waals surface area contributed by atoms with Gasteiger partial charge in [0.1, 0.15) is 16.8 Å². The minimum Gasteiger partial charge on any atom is -0.497 e. The van der Waals surface area contributed by atoms with Crippen molar-refractivity contribution >= 4 is 43.7 Å². The monoisotopic (exact) mass is 1600 g/mol. The highest BCUT2D eigenvalue weighted by Gasteiger charge is 2.15. The molecular formula is C98H82N14O9. The number of methoxy groups -OCH3 is 1. The van der Waals surface area contributed by atoms with Crippen LogP contribution < -0.4 is 4.74 Å². The van der Waals surface area contributed by atoms with Crippen molar-refractivity contribution in [3.63, 3.8) is 0 Å². The summed E-state index contributed by atoms with van der Waals surface area (Å²) in [4.78, 5) is 8.38. The zero-order valence-corrected chi connectivity index (χ0v) is 68.0. The predicted octanol–water partition coefficient (Wildman–Crippen LogP) is 24.2. The van der Waals surface area contributed by atoms with E-state index < -0.39 is 0 Å². The van der Waals surface area contributed by atoms with Gasteiger partial charge in [-0.25, -0.2) is 9.97 Å². The molecule has 23 heteroatoms. The molecule has 8 aromatic heterocycles. The van der Waals surface area contributed by atoms with Crippen LogP contribution in [0.25, 0.3) is 146 Å². The number of aromatic nitrogens is 14. The normalized spacial score (nSPS) is 10.6. The Balaban J connectivity index is 0.000000114. The lowest BCUT2D eigenvalue weighted by atomic mass is 10.00. The van der Waals surface area contributed by atoms with Crippen molar-refractivity contribution in [3.8, 4) is 108 Å². The molecule has 0 aliphatic heterocycles. The lowest BCUT2D eigenvalue weighted by molar-refractivity contribution is 0.415. The summed E-state index contributed by atoms with van der Waals surface area (Å²) in [6.07, 6.45) is 0. The van der Waals surface area contributed by atoms with Crippen molar-refractivity contribution in [1.82, 2.24) is 71.2 Å². The summed E-state index contributed by atoms with van der Waals surface area (Å²) in [5.41, 5.74) is 17.3. The highest BCUT2D eigenvalue weighted by molar-refractivity contribution is 5.95. The van der Waals surface area contributed by atoms with Crippen LogP contribution >= 0.6 is 0 Å². The van der Waals surface area contributed by atoms with Gasteiger partial charge in [0.05, 0.1) is 7.11 Å². The van der Waals surface area contributed by atoms with E-state index in [1.165, 1.54) is 38.4 Å². The molecule has 598 valence electrons. The van der Waals surface area contributed by atoms with Gasteiger partial charge in [0.25, 0.3) is 0 Å². The molecule has 0 aliphatic rings. The van der Waals surface area contributed by atoms with Gasteiger partial charge in [0, 0.05) is 94.8 Å². The maximum Gasteiger partial charge on any atom is 0.248 e. The molecule has 0 saturated carbocycles. The molecule has 0 amide bonds. The molecule has 0 spiro atoms. The molecule has 0 radical (unpaired) electrons. The number of ether oxygens (including phenoxy) is 1. The molecule has 0 unspecified atom stereocenters. The van der Waals surface area contributed by atoms with E-state index in [0.717, 1.165) is 89.3 Å². The highest BCUT2D eigenvalue weighted by atomic mass is 16.5. The topological polar surface area (TPSA) is 295 Å². The zero-order chi connectivity index (χ0) is 83.8. The summed E-state index contributed by atoms with van der Waals surface area (Å²) in [6.45, 7) is 16.5. The number of fused-ring (bicyclic) bond motifs is 4. The van der Waals surface area contributed by atoms with Gasteiger partial charge < -0.3 is 40.1 Å². The Morgan fingerprint density at radius 2 is 0.554 bits per heavy atom. The van der Waals surface area contributed by atoms with Crippen LogP contribution in [0.4, 0.5) is 0 Å². The minimum absolute atomic E-state index is 0.560. The minimum atomic E-state index is 0.560. The summed E-state index contributed by atoms with van der Waals surface area (Å²) in [5.74, 6) is 9.12. The second-order valence-corrected chi connectivity index (χ2v) is 27.3. The van der Waals surface area contributed by atoms with Gasteiger partial charge in [-0.3, -0.25) is 0 Å². The van der Waals surface area contributed by atoms with Crippen LogP contribution in [-0.2, 0) is 0 Å². The van der Waals surface area contributed by atoms with Crippen molar-refractivity contribution in [2.75, 3.05) is 7.11 Å². The first-order valence-electron chi connectivity index (χ1n) is 38.6. The molecule has 21 aromatic rings. The van der Waals surface area contributed by atoms with Gasteiger partial charge in [0.2, 0.25) is 70.7 Å². The molecule has 121 heavy (non-hydrogen) atoms. The summed E-state index contributed by atoms with van der Waals surface area (Å²) >= 11 is 0. The molecule has 0 N–H and O–H groups in total. The summed E-state index contributed by atoms with van der Waals surface area (Å²) in [7, 11) is 1.63. The maximum atomic E-state index is 5.51. The number of hydrogen-bond acceptors (Lipinski definition) is 23. The van der Waals surface area contributed by atoms with Crippen molar-refractivity contribution in [2.45, 2.75) is 62.3 Å². The molecule has 13 aromatic carbocycles. The Kier molecular flexibility index (Phi) is 26.6. The third-order valence-corrected chi connectivity index (χ3v) is 18.2. The van der Waals surface area contributed by atoms with E-state index >= 15 is 0 Å². The number of benzene rings is 13. The Bertz CT molecular complexity index is 6840. The smallest absolute Gasteiger partial charge is 0.248 e. The zero-order valence-electron chi connectivity index (χ0n) is 68.0. The Morgan fingerprint density at radius 3 is 1.07 bits per heavy atom. The molecule has 23 nitrogen and oxygen atoms in total. The first-order chi connectivity index (χ1) is 59.1. The molecule has 21 rings (SSSR count). The molecule has 0 bridgehead atoms. The predicted molar refractivity (Wildman–Crippen MR) is 467 cm³/mol. The Morgan fingerprint density at radius 1 is 0.207 bits per heavy atom. The van der Waals surface area contributed by atoms with E-state index in [1.807, 2.05) is 227 Å². The van der Waals surface area contributed by atoms with E-state index in [-0.39, 0.29) is 0 Å². The van der Waals surface area contributed by atoms with E-state index in [0.29, 0.717) is 76.6 Å². The van der Waals surface area contributed by atoms with E-state index in [2.05, 4.69) is 180 Å². The molecule has 8 heterocycles. The van der Waals surface area contributed by atoms with E-state index in [9.17, 15) is 0 Å². The van der Waals surface area contributed by atoms with E-state index in [1.54, 1.807) is 48.7 Å². The second kappa shape index (κ2) is 39.5. The number of nitrogens with zero attached hydrogens (tertiary/aromatic N) is 14. The van der Waals surface area contributed by atoms with Crippen LogP contribution in [0, 0.1) is 62.3 Å². The Labute approximate surface area is 696 Å². The average molecular weight is 1600 g/mol. The van der Waals surface area contributed by atoms with Gasteiger partial charge in [-0.05, 0) is 152 Å². The summed E-state index contributed by atoms with van der Waals surface area (Å²) in [5, 5.41) is 51.8. The lowest BCUT2D eigenvalue weighted by Gasteiger charge is -2.05.